The molecule has 0 fully saturated rings. The van der Waals surface area contributed by atoms with Crippen molar-refractivity contribution in [2.45, 2.75) is 13.8 Å². The molecule has 0 atom stereocenters. The van der Waals surface area contributed by atoms with Gasteiger partial charge in [0.15, 0.2) is 6.61 Å². The Labute approximate surface area is 127 Å². The van der Waals surface area contributed by atoms with E-state index in [9.17, 15) is 4.79 Å². The molecule has 0 spiro atoms. The molecule has 104 valence electrons. The fourth-order valence-corrected chi connectivity index (χ4v) is 2.03. The summed E-state index contributed by atoms with van der Waals surface area (Å²) in [5.41, 5.74) is 2.85. The van der Waals surface area contributed by atoms with Gasteiger partial charge in [0.2, 0.25) is 0 Å². The normalized spacial score (nSPS) is 10.2. The van der Waals surface area contributed by atoms with Crippen molar-refractivity contribution in [1.29, 1.82) is 0 Å². The summed E-state index contributed by atoms with van der Waals surface area (Å²) in [5.74, 6) is 0.560. The maximum Gasteiger partial charge on any atom is 0.262 e. The van der Waals surface area contributed by atoms with E-state index in [1.54, 1.807) is 0 Å². The monoisotopic (exact) mass is 333 g/mol. The molecule has 0 saturated heterocycles. The molecule has 0 unspecified atom stereocenters. The number of ether oxygens (including phenoxy) is 1. The van der Waals surface area contributed by atoms with Crippen molar-refractivity contribution in [3.8, 4) is 5.75 Å². The molecule has 0 aromatic heterocycles. The van der Waals surface area contributed by atoms with Crippen molar-refractivity contribution in [3.63, 3.8) is 0 Å². The minimum Gasteiger partial charge on any atom is -0.483 e. The van der Waals surface area contributed by atoms with Gasteiger partial charge in [-0.1, -0.05) is 34.1 Å². The van der Waals surface area contributed by atoms with Gasteiger partial charge in [0.25, 0.3) is 5.91 Å². The Bertz CT molecular complexity index is 626. The Morgan fingerprint density at radius 1 is 1.15 bits per heavy atom. The molecule has 2 aromatic carbocycles. The van der Waals surface area contributed by atoms with Crippen LogP contribution < -0.4 is 10.1 Å². The molecule has 2 aromatic rings. The summed E-state index contributed by atoms with van der Waals surface area (Å²) in [6, 6.07) is 13.3. The van der Waals surface area contributed by atoms with E-state index in [1.807, 2.05) is 56.3 Å². The summed E-state index contributed by atoms with van der Waals surface area (Å²) >= 11 is 3.43. The number of anilines is 1. The molecule has 1 amide bonds. The number of hydrogen-bond donors (Lipinski definition) is 1. The van der Waals surface area contributed by atoms with Crippen molar-refractivity contribution in [1.82, 2.24) is 0 Å². The van der Waals surface area contributed by atoms with E-state index >= 15 is 0 Å². The van der Waals surface area contributed by atoms with E-state index in [1.165, 1.54) is 0 Å². The van der Waals surface area contributed by atoms with Crippen molar-refractivity contribution < 1.29 is 9.53 Å². The van der Waals surface area contributed by atoms with E-state index in [2.05, 4.69) is 21.2 Å². The van der Waals surface area contributed by atoms with Gasteiger partial charge in [-0.15, -0.1) is 0 Å². The Kier molecular flexibility index (Phi) is 4.79. The van der Waals surface area contributed by atoms with Crippen molar-refractivity contribution >= 4 is 27.5 Å². The van der Waals surface area contributed by atoms with Crippen LogP contribution in [-0.4, -0.2) is 12.5 Å². The number of rotatable bonds is 4. The first-order chi connectivity index (χ1) is 9.56. The lowest BCUT2D eigenvalue weighted by Gasteiger charge is -2.10. The van der Waals surface area contributed by atoms with Crippen LogP contribution in [0.25, 0.3) is 0 Å². The zero-order valence-corrected chi connectivity index (χ0v) is 13.0. The lowest BCUT2D eigenvalue weighted by atomic mass is 10.2. The predicted octanol–water partition coefficient (Wildman–Crippen LogP) is 4.08. The molecule has 0 heterocycles. The van der Waals surface area contributed by atoms with Gasteiger partial charge in [0.05, 0.1) is 0 Å². The van der Waals surface area contributed by atoms with Crippen LogP contribution in [0.4, 0.5) is 5.69 Å². The number of carbonyl (C=O) groups excluding carboxylic acids is 1. The van der Waals surface area contributed by atoms with Gasteiger partial charge >= 0.3 is 0 Å². The highest BCUT2D eigenvalue weighted by molar-refractivity contribution is 9.10. The minimum atomic E-state index is -0.171. The van der Waals surface area contributed by atoms with Gasteiger partial charge in [-0.3, -0.25) is 4.79 Å². The number of para-hydroxylation sites is 1. The molecule has 3 nitrogen and oxygen atoms in total. The van der Waals surface area contributed by atoms with Gasteiger partial charge in [0.1, 0.15) is 5.75 Å². The minimum absolute atomic E-state index is 0.0000348. The Morgan fingerprint density at radius 3 is 2.60 bits per heavy atom. The molecule has 2 rings (SSSR count). The number of amides is 1. The van der Waals surface area contributed by atoms with Crippen LogP contribution in [0.15, 0.2) is 46.9 Å². The fourth-order valence-electron chi connectivity index (χ4n) is 1.78. The highest BCUT2D eigenvalue weighted by Crippen LogP contribution is 2.20. The molecular formula is C16H16BrNO2. The van der Waals surface area contributed by atoms with Crippen LogP contribution in [0.3, 0.4) is 0 Å². The quantitative estimate of drug-likeness (QED) is 0.915. The second-order valence-electron chi connectivity index (χ2n) is 4.57. The third kappa shape index (κ3) is 3.84. The third-order valence-electron chi connectivity index (χ3n) is 2.89. The predicted molar refractivity (Wildman–Crippen MR) is 84.2 cm³/mol. The summed E-state index contributed by atoms with van der Waals surface area (Å²) < 4.78 is 6.52. The van der Waals surface area contributed by atoms with E-state index in [0.717, 1.165) is 27.0 Å². The van der Waals surface area contributed by atoms with Crippen LogP contribution >= 0.6 is 15.9 Å². The maximum atomic E-state index is 11.8. The van der Waals surface area contributed by atoms with Crippen molar-refractivity contribution in [2.24, 2.45) is 0 Å². The van der Waals surface area contributed by atoms with E-state index in [-0.39, 0.29) is 12.5 Å². The van der Waals surface area contributed by atoms with Crippen molar-refractivity contribution in [3.05, 3.63) is 58.1 Å². The first-order valence-corrected chi connectivity index (χ1v) is 7.10. The first-order valence-electron chi connectivity index (χ1n) is 6.30. The second kappa shape index (κ2) is 6.57. The highest BCUT2D eigenvalue weighted by Gasteiger charge is 2.06. The van der Waals surface area contributed by atoms with Crippen molar-refractivity contribution in [2.75, 3.05) is 11.9 Å². The highest BCUT2D eigenvalue weighted by atomic mass is 79.9. The van der Waals surface area contributed by atoms with Crippen LogP contribution in [0, 0.1) is 13.8 Å². The third-order valence-corrected chi connectivity index (χ3v) is 3.78. The molecular weight excluding hydrogens is 318 g/mol. The van der Waals surface area contributed by atoms with Gasteiger partial charge in [0, 0.05) is 10.2 Å². The number of nitrogens with one attached hydrogen (secondary N) is 1. The average molecular weight is 334 g/mol. The number of halogens is 1. The maximum absolute atomic E-state index is 11.8. The van der Waals surface area contributed by atoms with Crippen LogP contribution in [0.2, 0.25) is 0 Å². The van der Waals surface area contributed by atoms with Gasteiger partial charge < -0.3 is 10.1 Å². The smallest absolute Gasteiger partial charge is 0.262 e. The molecule has 0 aliphatic carbocycles. The second-order valence-corrected chi connectivity index (χ2v) is 5.42. The summed E-state index contributed by atoms with van der Waals surface area (Å²) in [6.07, 6.45) is 0. The summed E-state index contributed by atoms with van der Waals surface area (Å²) in [6.45, 7) is 3.93. The topological polar surface area (TPSA) is 38.3 Å². The number of benzene rings is 2. The lowest BCUT2D eigenvalue weighted by molar-refractivity contribution is -0.118. The zero-order chi connectivity index (χ0) is 14.5. The molecule has 4 heteroatoms. The summed E-state index contributed by atoms with van der Waals surface area (Å²) in [4.78, 5) is 11.8. The molecule has 0 bridgehead atoms. The van der Waals surface area contributed by atoms with Crippen LogP contribution in [-0.2, 0) is 4.79 Å². The number of aryl methyl sites for hydroxylation is 2. The molecule has 0 aliphatic heterocycles. The average Bonchev–Trinajstić information content (AvgIpc) is 2.42. The molecule has 1 N–H and O–H groups in total. The summed E-state index contributed by atoms with van der Waals surface area (Å²) in [5, 5.41) is 2.81. The van der Waals surface area contributed by atoms with E-state index in [0.29, 0.717) is 0 Å². The SMILES string of the molecule is Cc1cc(NC(=O)COc2ccccc2C)ccc1Br. The first kappa shape index (κ1) is 14.6. The Hall–Kier alpha value is -1.81. The van der Waals surface area contributed by atoms with E-state index in [4.69, 9.17) is 4.74 Å². The molecule has 0 radical (unpaired) electrons. The van der Waals surface area contributed by atoms with Gasteiger partial charge in [-0.05, 0) is 49.2 Å². The van der Waals surface area contributed by atoms with Crippen LogP contribution in [0.5, 0.6) is 5.75 Å². The van der Waals surface area contributed by atoms with Gasteiger partial charge in [-0.2, -0.15) is 0 Å². The molecule has 20 heavy (non-hydrogen) atoms. The van der Waals surface area contributed by atoms with E-state index < -0.39 is 0 Å². The Morgan fingerprint density at radius 2 is 1.90 bits per heavy atom. The largest absolute Gasteiger partial charge is 0.483 e. The zero-order valence-electron chi connectivity index (χ0n) is 11.4. The standard InChI is InChI=1S/C16H16BrNO2/c1-11-5-3-4-6-15(11)20-10-16(19)18-13-7-8-14(17)12(2)9-13/h3-9H,10H2,1-2H3,(H,18,19). The lowest BCUT2D eigenvalue weighted by Crippen LogP contribution is -2.20. The number of hydrogen-bond acceptors (Lipinski definition) is 2. The molecule has 0 aliphatic rings. The van der Waals surface area contributed by atoms with Crippen LogP contribution in [0.1, 0.15) is 11.1 Å². The molecule has 0 saturated carbocycles. The summed E-state index contributed by atoms with van der Waals surface area (Å²) in [7, 11) is 0. The number of carbonyl (C=O) groups is 1. The fraction of sp³-hybridized carbons (Fsp3) is 0.188. The Balaban J connectivity index is 1.93. The van der Waals surface area contributed by atoms with Gasteiger partial charge in [-0.25, -0.2) is 0 Å².